The molecule has 0 aromatic carbocycles. The van der Waals surface area contributed by atoms with Crippen molar-refractivity contribution in [1.29, 1.82) is 0 Å². The van der Waals surface area contributed by atoms with Crippen LogP contribution in [0.4, 0.5) is 5.13 Å². The van der Waals surface area contributed by atoms with Crippen LogP contribution in [0, 0.1) is 5.92 Å². The van der Waals surface area contributed by atoms with Gasteiger partial charge in [-0.15, -0.1) is 0 Å². The highest BCUT2D eigenvalue weighted by Crippen LogP contribution is 2.36. The number of hydrogen-bond acceptors (Lipinski definition) is 5. The van der Waals surface area contributed by atoms with Crippen molar-refractivity contribution in [3.63, 3.8) is 0 Å². The first-order valence-electron chi connectivity index (χ1n) is 6.96. The lowest BCUT2D eigenvalue weighted by Crippen LogP contribution is -2.38. The first kappa shape index (κ1) is 12.4. The van der Waals surface area contributed by atoms with Crippen molar-refractivity contribution in [2.45, 2.75) is 57.6 Å². The highest BCUT2D eigenvalue weighted by Gasteiger charge is 2.37. The van der Waals surface area contributed by atoms with E-state index in [2.05, 4.69) is 28.5 Å². The van der Waals surface area contributed by atoms with E-state index in [1.165, 1.54) is 37.2 Å². The summed E-state index contributed by atoms with van der Waals surface area (Å²) in [6, 6.07) is 0.527. The van der Waals surface area contributed by atoms with Gasteiger partial charge < -0.3 is 10.1 Å². The lowest BCUT2D eigenvalue weighted by molar-refractivity contribution is 0.0620. The smallest absolute Gasteiger partial charge is 0.202 e. The van der Waals surface area contributed by atoms with E-state index in [1.54, 1.807) is 0 Å². The van der Waals surface area contributed by atoms with Gasteiger partial charge in [-0.05, 0) is 25.7 Å². The maximum Gasteiger partial charge on any atom is 0.202 e. The van der Waals surface area contributed by atoms with Crippen molar-refractivity contribution in [2.24, 2.45) is 5.92 Å². The second-order valence-corrected chi connectivity index (χ2v) is 6.41. The molecule has 1 aromatic heterocycles. The number of nitrogens with zero attached hydrogens (tertiary/aromatic N) is 2. The third-order valence-electron chi connectivity index (χ3n) is 4.05. The van der Waals surface area contributed by atoms with Gasteiger partial charge in [0.25, 0.3) is 0 Å². The Balaban J connectivity index is 1.67. The molecule has 1 N–H and O–H groups in total. The molecule has 5 heteroatoms. The Morgan fingerprint density at radius 3 is 3.00 bits per heavy atom. The highest BCUT2D eigenvalue weighted by molar-refractivity contribution is 7.09. The molecule has 3 rings (SSSR count). The first-order valence-corrected chi connectivity index (χ1v) is 7.73. The number of anilines is 1. The van der Waals surface area contributed by atoms with Crippen LogP contribution in [0.2, 0.25) is 0 Å². The number of fused-ring (bicyclic) bond motifs is 1. The maximum atomic E-state index is 5.80. The lowest BCUT2D eigenvalue weighted by atomic mass is 9.82. The quantitative estimate of drug-likeness (QED) is 0.914. The molecular weight excluding hydrogens is 246 g/mol. The minimum absolute atomic E-state index is 0.408. The molecule has 0 unspecified atom stereocenters. The Kier molecular flexibility index (Phi) is 3.52. The average molecular weight is 267 g/mol. The molecule has 2 aliphatic rings. The maximum absolute atomic E-state index is 5.80. The predicted octanol–water partition coefficient (Wildman–Crippen LogP) is 3.03. The largest absolute Gasteiger partial charge is 0.378 e. The molecule has 1 aliphatic heterocycles. The fraction of sp³-hybridized carbons (Fsp3) is 0.846. The second-order valence-electron chi connectivity index (χ2n) is 5.66. The van der Waals surface area contributed by atoms with Crippen LogP contribution >= 0.6 is 11.5 Å². The molecule has 1 aliphatic carbocycles. The molecule has 0 spiro atoms. The van der Waals surface area contributed by atoms with E-state index in [0.29, 0.717) is 24.0 Å². The molecule has 3 atom stereocenters. The molecule has 2 fully saturated rings. The number of ether oxygens (including phenoxy) is 1. The van der Waals surface area contributed by atoms with Crippen LogP contribution < -0.4 is 5.32 Å². The van der Waals surface area contributed by atoms with Crippen molar-refractivity contribution in [3.8, 4) is 0 Å². The van der Waals surface area contributed by atoms with Crippen molar-refractivity contribution < 1.29 is 4.74 Å². The Hall–Kier alpha value is -0.680. The third-order valence-corrected chi connectivity index (χ3v) is 4.71. The molecule has 0 bridgehead atoms. The van der Waals surface area contributed by atoms with E-state index in [-0.39, 0.29) is 0 Å². The molecule has 1 saturated heterocycles. The van der Waals surface area contributed by atoms with Crippen LogP contribution in [-0.2, 0) is 4.74 Å². The van der Waals surface area contributed by atoms with E-state index in [4.69, 9.17) is 4.74 Å². The summed E-state index contributed by atoms with van der Waals surface area (Å²) in [6.07, 6.45) is 5.40. The van der Waals surface area contributed by atoms with Crippen LogP contribution in [0.3, 0.4) is 0 Å². The summed E-state index contributed by atoms with van der Waals surface area (Å²) < 4.78 is 10.2. The molecule has 18 heavy (non-hydrogen) atoms. The van der Waals surface area contributed by atoms with Crippen molar-refractivity contribution in [2.75, 3.05) is 11.9 Å². The number of rotatable bonds is 3. The van der Waals surface area contributed by atoms with E-state index < -0.39 is 0 Å². The van der Waals surface area contributed by atoms with Crippen LogP contribution in [0.25, 0.3) is 0 Å². The van der Waals surface area contributed by atoms with E-state index in [0.717, 1.165) is 17.6 Å². The summed E-state index contributed by atoms with van der Waals surface area (Å²) in [5.41, 5.74) is 0. The first-order chi connectivity index (χ1) is 8.74. The molecule has 0 amide bonds. The zero-order chi connectivity index (χ0) is 12.5. The van der Waals surface area contributed by atoms with Gasteiger partial charge in [-0.1, -0.05) is 13.8 Å². The lowest BCUT2D eigenvalue weighted by Gasteiger charge is -2.32. The topological polar surface area (TPSA) is 47.0 Å². The van der Waals surface area contributed by atoms with Crippen molar-refractivity contribution >= 4 is 16.7 Å². The zero-order valence-electron chi connectivity index (χ0n) is 11.1. The summed E-state index contributed by atoms with van der Waals surface area (Å²) in [6.45, 7) is 5.20. The third kappa shape index (κ3) is 2.38. The Bertz CT molecular complexity index is 407. The van der Waals surface area contributed by atoms with Crippen molar-refractivity contribution in [1.82, 2.24) is 9.36 Å². The van der Waals surface area contributed by atoms with Gasteiger partial charge in [-0.3, -0.25) is 0 Å². The monoisotopic (exact) mass is 267 g/mol. The van der Waals surface area contributed by atoms with Gasteiger partial charge in [-0.2, -0.15) is 4.37 Å². The normalized spacial score (nSPS) is 31.6. The fourth-order valence-electron chi connectivity index (χ4n) is 3.04. The molecule has 1 saturated carbocycles. The van der Waals surface area contributed by atoms with E-state index in [9.17, 15) is 0 Å². The van der Waals surface area contributed by atoms with Crippen LogP contribution in [0.15, 0.2) is 0 Å². The summed E-state index contributed by atoms with van der Waals surface area (Å²) in [7, 11) is 0. The second kappa shape index (κ2) is 5.13. The Morgan fingerprint density at radius 1 is 1.33 bits per heavy atom. The average Bonchev–Trinajstić information content (AvgIpc) is 2.97. The molecule has 2 heterocycles. The SMILES string of the molecule is CC(C)c1nsc(N[C@@H]2CCC[C@H]3OCC[C@H]23)n1. The standard InChI is InChI=1S/C13H21N3OS/c1-8(2)12-15-13(18-16-12)14-10-4-3-5-11-9(10)6-7-17-11/h8-11H,3-7H2,1-2H3,(H,14,15,16)/t9-,10-,11-/m1/s1. The molecule has 1 aromatic rings. The van der Waals surface area contributed by atoms with Gasteiger partial charge in [0.05, 0.1) is 6.10 Å². The van der Waals surface area contributed by atoms with Crippen LogP contribution in [0.5, 0.6) is 0 Å². The van der Waals surface area contributed by atoms with Gasteiger partial charge in [0, 0.05) is 36.0 Å². The van der Waals surface area contributed by atoms with Crippen LogP contribution in [0.1, 0.15) is 51.3 Å². The predicted molar refractivity (Wildman–Crippen MR) is 73.1 cm³/mol. The molecular formula is C13H21N3OS. The minimum atomic E-state index is 0.408. The van der Waals surface area contributed by atoms with E-state index in [1.807, 2.05) is 0 Å². The number of nitrogens with one attached hydrogen (secondary N) is 1. The Labute approximate surface area is 112 Å². The number of aromatic nitrogens is 2. The molecule has 4 nitrogen and oxygen atoms in total. The minimum Gasteiger partial charge on any atom is -0.378 e. The summed E-state index contributed by atoms with van der Waals surface area (Å²) in [5, 5.41) is 4.58. The summed E-state index contributed by atoms with van der Waals surface area (Å²) >= 11 is 1.49. The Morgan fingerprint density at radius 2 is 2.22 bits per heavy atom. The van der Waals surface area contributed by atoms with Gasteiger partial charge in [0.2, 0.25) is 5.13 Å². The van der Waals surface area contributed by atoms with Crippen LogP contribution in [-0.4, -0.2) is 28.1 Å². The molecule has 0 radical (unpaired) electrons. The fourth-order valence-corrected chi connectivity index (χ4v) is 3.81. The number of hydrogen-bond donors (Lipinski definition) is 1. The van der Waals surface area contributed by atoms with Crippen molar-refractivity contribution in [3.05, 3.63) is 5.82 Å². The van der Waals surface area contributed by atoms with Gasteiger partial charge >= 0.3 is 0 Å². The van der Waals surface area contributed by atoms with Gasteiger partial charge in [0.15, 0.2) is 0 Å². The highest BCUT2D eigenvalue weighted by atomic mass is 32.1. The van der Waals surface area contributed by atoms with E-state index >= 15 is 0 Å². The zero-order valence-corrected chi connectivity index (χ0v) is 11.9. The van der Waals surface area contributed by atoms with Gasteiger partial charge in [0.1, 0.15) is 5.82 Å². The summed E-state index contributed by atoms with van der Waals surface area (Å²) in [5.74, 6) is 2.04. The molecule has 100 valence electrons. The van der Waals surface area contributed by atoms with Gasteiger partial charge in [-0.25, -0.2) is 4.98 Å². The summed E-state index contributed by atoms with van der Waals surface area (Å²) in [4.78, 5) is 4.57.